The van der Waals surface area contributed by atoms with E-state index in [1.807, 2.05) is 12.1 Å². The zero-order valence-corrected chi connectivity index (χ0v) is 14.2. The fourth-order valence-corrected chi connectivity index (χ4v) is 3.24. The van der Waals surface area contributed by atoms with Crippen LogP contribution in [-0.4, -0.2) is 11.5 Å². The standard InChI is InChI=1S/C15H18ClIN2/c1-3-5-11-9-14(18-6-4-2)12-7-10(16)8-13(17)15(12)19-11/h7-9H,3-6H2,1-2H3,(H,18,19). The highest BCUT2D eigenvalue weighted by molar-refractivity contribution is 14.1. The highest BCUT2D eigenvalue weighted by Gasteiger charge is 2.09. The molecule has 1 aromatic carbocycles. The lowest BCUT2D eigenvalue weighted by atomic mass is 10.1. The van der Waals surface area contributed by atoms with Gasteiger partial charge < -0.3 is 5.32 Å². The van der Waals surface area contributed by atoms with E-state index in [9.17, 15) is 0 Å². The summed E-state index contributed by atoms with van der Waals surface area (Å²) in [4.78, 5) is 4.77. The maximum atomic E-state index is 6.17. The molecule has 102 valence electrons. The first kappa shape index (κ1) is 14.9. The average Bonchev–Trinajstić information content (AvgIpc) is 2.37. The predicted octanol–water partition coefficient (Wildman–Crippen LogP) is 5.27. The van der Waals surface area contributed by atoms with Gasteiger partial charge in [-0.3, -0.25) is 4.98 Å². The van der Waals surface area contributed by atoms with Crippen LogP contribution >= 0.6 is 34.2 Å². The molecule has 0 saturated heterocycles. The van der Waals surface area contributed by atoms with Gasteiger partial charge in [-0.1, -0.05) is 31.9 Å². The molecule has 0 spiro atoms. The summed E-state index contributed by atoms with van der Waals surface area (Å²) in [6.07, 6.45) is 3.22. The van der Waals surface area contributed by atoms with Crippen molar-refractivity contribution in [2.75, 3.05) is 11.9 Å². The van der Waals surface area contributed by atoms with E-state index in [0.29, 0.717) is 0 Å². The van der Waals surface area contributed by atoms with Crippen LogP contribution in [0.5, 0.6) is 0 Å². The van der Waals surface area contributed by atoms with Crippen LogP contribution in [-0.2, 0) is 6.42 Å². The number of benzene rings is 1. The molecular formula is C15H18ClIN2. The smallest absolute Gasteiger partial charge is 0.0860 e. The fourth-order valence-electron chi connectivity index (χ4n) is 2.10. The van der Waals surface area contributed by atoms with Crippen molar-refractivity contribution in [2.45, 2.75) is 33.1 Å². The van der Waals surface area contributed by atoms with E-state index in [4.69, 9.17) is 16.6 Å². The first-order chi connectivity index (χ1) is 9.15. The average molecular weight is 389 g/mol. The second-order valence-electron chi connectivity index (χ2n) is 4.62. The van der Waals surface area contributed by atoms with Gasteiger partial charge in [-0.2, -0.15) is 0 Å². The summed E-state index contributed by atoms with van der Waals surface area (Å²) in [5.74, 6) is 0. The molecule has 0 unspecified atom stereocenters. The van der Waals surface area contributed by atoms with Gasteiger partial charge in [-0.25, -0.2) is 0 Å². The molecule has 4 heteroatoms. The van der Waals surface area contributed by atoms with E-state index in [1.165, 1.54) is 0 Å². The van der Waals surface area contributed by atoms with Crippen molar-refractivity contribution < 1.29 is 0 Å². The van der Waals surface area contributed by atoms with E-state index in [0.717, 1.165) is 56.7 Å². The number of aromatic nitrogens is 1. The normalized spacial score (nSPS) is 10.9. The quantitative estimate of drug-likeness (QED) is 0.706. The summed E-state index contributed by atoms with van der Waals surface area (Å²) in [5, 5.41) is 5.37. The van der Waals surface area contributed by atoms with E-state index < -0.39 is 0 Å². The Bertz CT molecular complexity index is 584. The number of pyridine rings is 1. The van der Waals surface area contributed by atoms with Gasteiger partial charge in [-0.05, 0) is 53.6 Å². The molecular weight excluding hydrogens is 371 g/mol. The predicted molar refractivity (Wildman–Crippen MR) is 92.2 cm³/mol. The molecule has 1 heterocycles. The van der Waals surface area contributed by atoms with Gasteiger partial charge in [0.15, 0.2) is 0 Å². The van der Waals surface area contributed by atoms with Crippen molar-refractivity contribution in [3.63, 3.8) is 0 Å². The number of fused-ring (bicyclic) bond motifs is 1. The fraction of sp³-hybridized carbons (Fsp3) is 0.400. The zero-order valence-electron chi connectivity index (χ0n) is 11.3. The second-order valence-corrected chi connectivity index (χ2v) is 6.22. The highest BCUT2D eigenvalue weighted by Crippen LogP contribution is 2.30. The summed E-state index contributed by atoms with van der Waals surface area (Å²) in [6.45, 7) is 5.31. The topological polar surface area (TPSA) is 24.9 Å². The number of nitrogens with zero attached hydrogens (tertiary/aromatic N) is 1. The maximum absolute atomic E-state index is 6.17. The van der Waals surface area contributed by atoms with Crippen LogP contribution in [0.15, 0.2) is 18.2 Å². The van der Waals surface area contributed by atoms with Crippen LogP contribution in [0.2, 0.25) is 5.02 Å². The lowest BCUT2D eigenvalue weighted by Gasteiger charge is -2.12. The van der Waals surface area contributed by atoms with Gasteiger partial charge in [0.1, 0.15) is 0 Å². The van der Waals surface area contributed by atoms with Gasteiger partial charge in [0.25, 0.3) is 0 Å². The molecule has 0 atom stereocenters. The number of halogens is 2. The van der Waals surface area contributed by atoms with Crippen molar-refractivity contribution in [3.8, 4) is 0 Å². The third-order valence-electron chi connectivity index (χ3n) is 2.96. The Balaban J connectivity index is 2.60. The summed E-state index contributed by atoms with van der Waals surface area (Å²) < 4.78 is 1.11. The molecule has 2 rings (SSSR count). The van der Waals surface area contributed by atoms with E-state index in [1.54, 1.807) is 0 Å². The molecule has 19 heavy (non-hydrogen) atoms. The lowest BCUT2D eigenvalue weighted by molar-refractivity contribution is 0.888. The number of anilines is 1. The van der Waals surface area contributed by atoms with Crippen LogP contribution in [0.1, 0.15) is 32.4 Å². The number of aryl methyl sites for hydroxylation is 1. The zero-order chi connectivity index (χ0) is 13.8. The molecule has 0 aliphatic carbocycles. The summed E-state index contributed by atoms with van der Waals surface area (Å²) in [7, 11) is 0. The van der Waals surface area contributed by atoms with Crippen molar-refractivity contribution in [1.29, 1.82) is 0 Å². The molecule has 1 N–H and O–H groups in total. The second kappa shape index (κ2) is 6.75. The Morgan fingerprint density at radius 3 is 2.68 bits per heavy atom. The summed E-state index contributed by atoms with van der Waals surface area (Å²) in [5.41, 5.74) is 3.35. The van der Waals surface area contributed by atoms with Gasteiger partial charge in [0, 0.05) is 31.9 Å². The van der Waals surface area contributed by atoms with Crippen LogP contribution in [0.4, 0.5) is 5.69 Å². The third kappa shape index (κ3) is 3.51. The van der Waals surface area contributed by atoms with Crippen molar-refractivity contribution in [3.05, 3.63) is 32.5 Å². The van der Waals surface area contributed by atoms with Gasteiger partial charge >= 0.3 is 0 Å². The van der Waals surface area contributed by atoms with E-state index in [-0.39, 0.29) is 0 Å². The molecule has 0 amide bonds. The first-order valence-electron chi connectivity index (χ1n) is 6.68. The lowest BCUT2D eigenvalue weighted by Crippen LogP contribution is -2.03. The first-order valence-corrected chi connectivity index (χ1v) is 8.14. The van der Waals surface area contributed by atoms with Crippen LogP contribution in [0, 0.1) is 3.57 Å². The van der Waals surface area contributed by atoms with Crippen molar-refractivity contribution in [2.24, 2.45) is 0 Å². The number of rotatable bonds is 5. The minimum Gasteiger partial charge on any atom is -0.384 e. The molecule has 0 radical (unpaired) electrons. The maximum Gasteiger partial charge on any atom is 0.0860 e. The number of nitrogens with one attached hydrogen (secondary N) is 1. The Labute approximate surface area is 133 Å². The third-order valence-corrected chi connectivity index (χ3v) is 4.00. The minimum absolute atomic E-state index is 0.765. The summed E-state index contributed by atoms with van der Waals surface area (Å²) >= 11 is 8.48. The Hall–Kier alpha value is -0.550. The van der Waals surface area contributed by atoms with Gasteiger partial charge in [0.05, 0.1) is 5.52 Å². The van der Waals surface area contributed by atoms with Crippen molar-refractivity contribution >= 4 is 50.8 Å². The Morgan fingerprint density at radius 2 is 2.00 bits per heavy atom. The molecule has 0 fully saturated rings. The monoisotopic (exact) mass is 388 g/mol. The molecule has 0 saturated carbocycles. The van der Waals surface area contributed by atoms with Crippen LogP contribution < -0.4 is 5.32 Å². The molecule has 1 aromatic heterocycles. The van der Waals surface area contributed by atoms with Gasteiger partial charge in [-0.15, -0.1) is 0 Å². The number of hydrogen-bond acceptors (Lipinski definition) is 2. The van der Waals surface area contributed by atoms with E-state index in [2.05, 4.69) is 47.8 Å². The van der Waals surface area contributed by atoms with Crippen molar-refractivity contribution in [1.82, 2.24) is 4.98 Å². The highest BCUT2D eigenvalue weighted by atomic mass is 127. The molecule has 0 bridgehead atoms. The minimum atomic E-state index is 0.765. The van der Waals surface area contributed by atoms with Crippen LogP contribution in [0.3, 0.4) is 0 Å². The Kier molecular flexibility index (Phi) is 5.28. The molecule has 2 nitrogen and oxygen atoms in total. The van der Waals surface area contributed by atoms with Crippen LogP contribution in [0.25, 0.3) is 10.9 Å². The molecule has 0 aliphatic rings. The largest absolute Gasteiger partial charge is 0.384 e. The van der Waals surface area contributed by atoms with E-state index >= 15 is 0 Å². The number of hydrogen-bond donors (Lipinski definition) is 1. The molecule has 0 aliphatic heterocycles. The Morgan fingerprint density at radius 1 is 1.21 bits per heavy atom. The summed E-state index contributed by atoms with van der Waals surface area (Å²) in [6, 6.07) is 6.13. The van der Waals surface area contributed by atoms with Gasteiger partial charge in [0.2, 0.25) is 0 Å². The SMILES string of the molecule is CCCNc1cc(CCC)nc2c(I)cc(Cl)cc12. The molecule has 2 aromatic rings.